The first-order valence-electron chi connectivity index (χ1n) is 14.2. The maximum absolute atomic E-state index is 16.2. The molecule has 2 heterocycles. The number of aliphatic carboxylic acids is 1. The molecule has 1 N–H and O–H groups in total. The second-order valence-corrected chi connectivity index (χ2v) is 11.9. The van der Waals surface area contributed by atoms with Gasteiger partial charge in [0.1, 0.15) is 0 Å². The lowest BCUT2D eigenvalue weighted by atomic mass is 9.66. The van der Waals surface area contributed by atoms with Gasteiger partial charge in [-0.25, -0.2) is 8.78 Å². The van der Waals surface area contributed by atoms with E-state index >= 15 is 8.78 Å². The third kappa shape index (κ3) is 4.87. The number of hydrogen-bond donors (Lipinski definition) is 1. The fourth-order valence-electron chi connectivity index (χ4n) is 7.10. The Hall–Kier alpha value is -3.17. The zero-order valence-electron chi connectivity index (χ0n) is 23.2. The van der Waals surface area contributed by atoms with Crippen LogP contribution in [0.3, 0.4) is 0 Å². The fourth-order valence-corrected chi connectivity index (χ4v) is 7.10. The Bertz CT molecular complexity index is 1310. The molecule has 1 amide bonds. The number of benzene rings is 2. The summed E-state index contributed by atoms with van der Waals surface area (Å²) < 4.78 is 72.1. The largest absolute Gasteiger partial charge is 0.481 e. The van der Waals surface area contributed by atoms with Crippen LogP contribution in [-0.2, 0) is 27.1 Å². The first-order valence-corrected chi connectivity index (χ1v) is 14.2. The number of nitrogens with zero attached hydrogens (tertiary/aromatic N) is 2. The van der Waals surface area contributed by atoms with Crippen molar-refractivity contribution in [1.29, 1.82) is 0 Å². The minimum absolute atomic E-state index is 0.0825. The number of carbonyl (C=O) groups excluding carboxylic acids is 1. The van der Waals surface area contributed by atoms with E-state index in [4.69, 9.17) is 0 Å². The summed E-state index contributed by atoms with van der Waals surface area (Å²) >= 11 is 0. The Labute approximate surface area is 236 Å². The zero-order valence-corrected chi connectivity index (χ0v) is 23.2. The number of likely N-dealkylation sites (tertiary alicyclic amines) is 1. The lowest BCUT2D eigenvalue weighted by molar-refractivity contribution is -0.228. The summed E-state index contributed by atoms with van der Waals surface area (Å²) in [7, 11) is 0. The van der Waals surface area contributed by atoms with E-state index in [1.807, 2.05) is 42.2 Å². The average molecular weight is 579 g/mol. The number of amides is 1. The summed E-state index contributed by atoms with van der Waals surface area (Å²) in [6.07, 6.45) is -4.33. The third-order valence-corrected chi connectivity index (χ3v) is 9.67. The predicted octanol–water partition coefficient (Wildman–Crippen LogP) is 6.34. The molecule has 1 aliphatic carbocycles. The SMILES string of the molecule is CCN1CC2N(C(=O)C3(F)CCC(C(=O)O)CC3)CCC2(Cc2ccccc2)c2ccc(C(C)(F)C(F)(F)F)cc21. The van der Waals surface area contributed by atoms with Gasteiger partial charge < -0.3 is 14.9 Å². The summed E-state index contributed by atoms with van der Waals surface area (Å²) in [6, 6.07) is 13.1. The molecule has 2 fully saturated rings. The summed E-state index contributed by atoms with van der Waals surface area (Å²) in [5.74, 6) is -2.31. The van der Waals surface area contributed by atoms with E-state index in [0.29, 0.717) is 32.0 Å². The highest BCUT2D eigenvalue weighted by atomic mass is 19.4. The van der Waals surface area contributed by atoms with Gasteiger partial charge in [0.25, 0.3) is 5.91 Å². The van der Waals surface area contributed by atoms with E-state index in [9.17, 15) is 27.9 Å². The van der Waals surface area contributed by atoms with Crippen molar-refractivity contribution >= 4 is 17.6 Å². The number of alkyl halides is 5. The molecule has 0 bridgehead atoms. The number of carboxylic acid groups (broad SMARTS) is 1. The van der Waals surface area contributed by atoms with Gasteiger partial charge >= 0.3 is 12.1 Å². The van der Waals surface area contributed by atoms with Crippen molar-refractivity contribution in [3.05, 3.63) is 65.2 Å². The normalized spacial score (nSPS) is 29.4. The van der Waals surface area contributed by atoms with E-state index in [1.165, 1.54) is 12.1 Å². The highest BCUT2D eigenvalue weighted by Gasteiger charge is 2.59. The van der Waals surface area contributed by atoms with Gasteiger partial charge in [0.05, 0.1) is 12.0 Å². The molecule has 3 atom stereocenters. The highest BCUT2D eigenvalue weighted by molar-refractivity contribution is 5.87. The van der Waals surface area contributed by atoms with E-state index in [-0.39, 0.29) is 38.8 Å². The molecule has 41 heavy (non-hydrogen) atoms. The van der Waals surface area contributed by atoms with Gasteiger partial charge in [0.2, 0.25) is 5.67 Å². The topological polar surface area (TPSA) is 60.9 Å². The van der Waals surface area contributed by atoms with Gasteiger partial charge in [-0.1, -0.05) is 42.5 Å². The lowest BCUT2D eigenvalue weighted by Crippen LogP contribution is -2.59. The zero-order chi connectivity index (χ0) is 29.8. The number of fused-ring (bicyclic) bond motifs is 3. The molecule has 0 radical (unpaired) electrons. The van der Waals surface area contributed by atoms with Crippen molar-refractivity contribution < 1.29 is 36.6 Å². The minimum Gasteiger partial charge on any atom is -0.481 e. The molecule has 0 spiro atoms. The molecule has 2 aliphatic heterocycles. The van der Waals surface area contributed by atoms with Crippen molar-refractivity contribution in [2.24, 2.45) is 5.92 Å². The maximum atomic E-state index is 16.2. The smallest absolute Gasteiger partial charge is 0.426 e. The third-order valence-electron chi connectivity index (χ3n) is 9.67. The van der Waals surface area contributed by atoms with Gasteiger partial charge in [0, 0.05) is 36.3 Å². The first kappa shape index (κ1) is 29.3. The van der Waals surface area contributed by atoms with Crippen molar-refractivity contribution in [1.82, 2.24) is 4.90 Å². The molecule has 222 valence electrons. The molecule has 0 aromatic heterocycles. The van der Waals surface area contributed by atoms with Crippen LogP contribution in [-0.4, -0.2) is 59.4 Å². The number of rotatable bonds is 6. The summed E-state index contributed by atoms with van der Waals surface area (Å²) in [5, 5.41) is 9.34. The number of hydrogen-bond acceptors (Lipinski definition) is 3. The van der Waals surface area contributed by atoms with Crippen molar-refractivity contribution in [3.63, 3.8) is 0 Å². The Kier molecular flexibility index (Phi) is 7.35. The summed E-state index contributed by atoms with van der Waals surface area (Å²) in [4.78, 5) is 28.7. The van der Waals surface area contributed by atoms with Crippen LogP contribution in [0.1, 0.15) is 62.6 Å². The Morgan fingerprint density at radius 2 is 1.68 bits per heavy atom. The van der Waals surface area contributed by atoms with Gasteiger partial charge in [-0.05, 0) is 69.6 Å². The molecule has 2 aromatic carbocycles. The molecular formula is C31H35F5N2O3. The van der Waals surface area contributed by atoms with E-state index in [2.05, 4.69) is 0 Å². The lowest BCUT2D eigenvalue weighted by Gasteiger charge is -2.49. The number of carbonyl (C=O) groups is 2. The summed E-state index contributed by atoms with van der Waals surface area (Å²) in [6.45, 7) is 3.27. The standard InChI is InChI=1S/C31H35F5N2O3/c1-3-37-19-25-29(18-20-7-5-4-6-8-20,23-10-9-22(17-24(23)37)28(2,32)31(34,35)36)15-16-38(25)27(41)30(33)13-11-21(12-14-30)26(39)40/h4-10,17,21,25H,3,11-16,18-19H2,1-2H3,(H,39,40). The van der Waals surface area contributed by atoms with Crippen molar-refractivity contribution in [2.45, 2.75) is 81.3 Å². The van der Waals surface area contributed by atoms with Crippen LogP contribution in [0.2, 0.25) is 0 Å². The molecule has 5 rings (SSSR count). The fraction of sp³-hybridized carbons (Fsp3) is 0.548. The minimum atomic E-state index is -5.09. The number of halogens is 5. The van der Waals surface area contributed by atoms with Gasteiger partial charge in [0.15, 0.2) is 5.67 Å². The van der Waals surface area contributed by atoms with E-state index < -0.39 is 52.3 Å². The number of carboxylic acids is 1. The molecule has 10 heteroatoms. The Morgan fingerprint density at radius 3 is 2.27 bits per heavy atom. The molecule has 5 nitrogen and oxygen atoms in total. The average Bonchev–Trinajstić information content (AvgIpc) is 3.30. The second kappa shape index (κ2) is 10.3. The van der Waals surface area contributed by atoms with Crippen LogP contribution in [0.15, 0.2) is 48.5 Å². The molecule has 1 saturated heterocycles. The number of anilines is 1. The van der Waals surface area contributed by atoms with Crippen molar-refractivity contribution in [3.8, 4) is 0 Å². The number of likely N-dealkylation sites (N-methyl/N-ethyl adjacent to an activating group) is 1. The van der Waals surface area contributed by atoms with Crippen LogP contribution in [0, 0.1) is 5.92 Å². The molecular weight excluding hydrogens is 543 g/mol. The van der Waals surface area contributed by atoms with E-state index in [0.717, 1.165) is 11.1 Å². The maximum Gasteiger partial charge on any atom is 0.426 e. The van der Waals surface area contributed by atoms with Crippen LogP contribution >= 0.6 is 0 Å². The van der Waals surface area contributed by atoms with Gasteiger partial charge in [-0.2, -0.15) is 13.2 Å². The Balaban J connectivity index is 1.57. The molecule has 3 unspecified atom stereocenters. The molecule has 3 aliphatic rings. The van der Waals surface area contributed by atoms with Crippen LogP contribution in [0.25, 0.3) is 0 Å². The highest BCUT2D eigenvalue weighted by Crippen LogP contribution is 2.53. The van der Waals surface area contributed by atoms with Gasteiger partial charge in [-0.15, -0.1) is 0 Å². The van der Waals surface area contributed by atoms with Crippen molar-refractivity contribution in [2.75, 3.05) is 24.5 Å². The molecule has 1 saturated carbocycles. The van der Waals surface area contributed by atoms with Crippen LogP contribution in [0.4, 0.5) is 27.6 Å². The summed E-state index contributed by atoms with van der Waals surface area (Å²) in [5.41, 5.74) is -4.74. The van der Waals surface area contributed by atoms with E-state index in [1.54, 1.807) is 11.0 Å². The first-order chi connectivity index (χ1) is 19.2. The van der Waals surface area contributed by atoms with Crippen LogP contribution < -0.4 is 4.90 Å². The Morgan fingerprint density at radius 1 is 1.02 bits per heavy atom. The quantitative estimate of drug-likeness (QED) is 0.407. The second-order valence-electron chi connectivity index (χ2n) is 11.9. The van der Waals surface area contributed by atoms with Crippen LogP contribution in [0.5, 0.6) is 0 Å². The monoisotopic (exact) mass is 578 g/mol. The molecule has 2 aromatic rings. The van der Waals surface area contributed by atoms with Gasteiger partial charge in [-0.3, -0.25) is 9.59 Å². The predicted molar refractivity (Wildman–Crippen MR) is 144 cm³/mol.